The molecule has 0 amide bonds. The summed E-state index contributed by atoms with van der Waals surface area (Å²) in [6, 6.07) is 0. The van der Waals surface area contributed by atoms with E-state index in [-0.39, 0.29) is 0 Å². The van der Waals surface area contributed by atoms with Gasteiger partial charge in [-0.25, -0.2) is 0 Å². The van der Waals surface area contributed by atoms with E-state index in [0.717, 1.165) is 12.8 Å². The molecule has 92 valence electrons. The lowest BCUT2D eigenvalue weighted by Crippen LogP contribution is -2.48. The summed E-state index contributed by atoms with van der Waals surface area (Å²) in [5.41, 5.74) is 10.7. The second-order valence-electron chi connectivity index (χ2n) is 2.89. The molecular weight excluding hydrogens is 216 g/mol. The summed E-state index contributed by atoms with van der Waals surface area (Å²) in [6.45, 7) is 2.10. The van der Waals surface area contributed by atoms with Crippen LogP contribution in [0.25, 0.3) is 0 Å². The van der Waals surface area contributed by atoms with E-state index >= 15 is 0 Å². The average Bonchev–Trinajstić information content (AvgIpc) is 2.28. The predicted molar refractivity (Wildman–Crippen MR) is 59.0 cm³/mol. The third-order valence-electron chi connectivity index (χ3n) is 1.75. The van der Waals surface area contributed by atoms with Crippen LogP contribution in [0.15, 0.2) is 0 Å². The highest BCUT2D eigenvalue weighted by atomic mass is 28.4. The Morgan fingerprint density at radius 3 is 1.53 bits per heavy atom. The van der Waals surface area contributed by atoms with E-state index < -0.39 is 9.05 Å². The van der Waals surface area contributed by atoms with Gasteiger partial charge in [-0.1, -0.05) is 0 Å². The molecule has 0 aliphatic rings. The fourth-order valence-electron chi connectivity index (χ4n) is 0.922. The van der Waals surface area contributed by atoms with Crippen LogP contribution in [0.3, 0.4) is 0 Å². The van der Waals surface area contributed by atoms with Crippen molar-refractivity contribution in [1.29, 1.82) is 0 Å². The Kier molecular flexibility index (Phi) is 9.21. The van der Waals surface area contributed by atoms with Gasteiger partial charge < -0.3 is 29.2 Å². The Morgan fingerprint density at radius 2 is 1.27 bits per heavy atom. The highest BCUT2D eigenvalue weighted by molar-refractivity contribution is 6.53. The van der Waals surface area contributed by atoms with Crippen LogP contribution in [-0.2, 0) is 17.7 Å². The fraction of sp³-hybridized carbons (Fsp3) is 1.00. The van der Waals surface area contributed by atoms with Crippen LogP contribution in [0.5, 0.6) is 0 Å². The van der Waals surface area contributed by atoms with Gasteiger partial charge in [0.15, 0.2) is 0 Å². The van der Waals surface area contributed by atoms with Gasteiger partial charge >= 0.3 is 9.05 Å². The molecule has 0 aromatic rings. The number of rotatable bonds is 10. The molecule has 0 aromatic heterocycles. The van der Waals surface area contributed by atoms with Crippen molar-refractivity contribution in [3.05, 3.63) is 0 Å². The van der Waals surface area contributed by atoms with Crippen molar-refractivity contribution in [1.82, 2.24) is 0 Å². The van der Waals surface area contributed by atoms with Crippen molar-refractivity contribution in [3.8, 4) is 0 Å². The van der Waals surface area contributed by atoms with E-state index in [9.17, 15) is 0 Å². The first-order valence-electron chi connectivity index (χ1n) is 5.03. The maximum absolute atomic E-state index is 5.47. The Morgan fingerprint density at radius 1 is 0.867 bits per heavy atom. The molecule has 0 aromatic carbocycles. The Bertz CT molecular complexity index is 135. The zero-order valence-electron chi connectivity index (χ0n) is 9.53. The van der Waals surface area contributed by atoms with E-state index in [1.54, 1.807) is 0 Å². The molecule has 0 atom stereocenters. The first-order chi connectivity index (χ1) is 7.24. The summed E-state index contributed by atoms with van der Waals surface area (Å²) in [4.78, 5) is 0. The summed E-state index contributed by atoms with van der Waals surface area (Å²) in [5.74, 6) is 0. The fourth-order valence-corrected chi connectivity index (χ4v) is 2.43. The Hall–Kier alpha value is -0.0231. The van der Waals surface area contributed by atoms with E-state index in [1.165, 1.54) is 14.2 Å². The van der Waals surface area contributed by atoms with Crippen molar-refractivity contribution in [2.75, 3.05) is 40.5 Å². The molecule has 0 unspecified atom stereocenters. The van der Waals surface area contributed by atoms with Gasteiger partial charge in [-0.15, -0.1) is 0 Å². The molecule has 0 spiro atoms. The third-order valence-corrected chi connectivity index (χ3v) is 3.87. The summed E-state index contributed by atoms with van der Waals surface area (Å²) in [5, 5.41) is 0. The molecule has 0 radical (unpaired) electrons. The molecule has 4 N–H and O–H groups in total. The lowest BCUT2D eigenvalue weighted by molar-refractivity contribution is -0.00924. The highest BCUT2D eigenvalue weighted by Crippen LogP contribution is 2.10. The standard InChI is InChI=1S/C8H22N2O4Si/c1-11-15(12-2,13-7-3-5-9)14-8-4-6-10/h3-10H2,1-2H3. The first-order valence-corrected chi connectivity index (χ1v) is 6.66. The minimum atomic E-state index is -2.93. The third kappa shape index (κ3) is 6.20. The van der Waals surface area contributed by atoms with E-state index in [0.29, 0.717) is 26.3 Å². The smallest absolute Gasteiger partial charge is 0.355 e. The van der Waals surface area contributed by atoms with Gasteiger partial charge in [0.2, 0.25) is 0 Å². The lowest BCUT2D eigenvalue weighted by Gasteiger charge is -2.24. The molecule has 0 bridgehead atoms. The molecular formula is C8H22N2O4Si. The summed E-state index contributed by atoms with van der Waals surface area (Å²) in [7, 11) is 0.1000. The Balaban J connectivity index is 3.93. The van der Waals surface area contributed by atoms with Crippen LogP contribution in [0.2, 0.25) is 0 Å². The predicted octanol–water partition coefficient (Wildman–Crippen LogP) is -0.554. The summed E-state index contributed by atoms with van der Waals surface area (Å²) in [6.07, 6.45) is 1.50. The van der Waals surface area contributed by atoms with Gasteiger partial charge in [-0.05, 0) is 25.9 Å². The molecule has 0 saturated carbocycles. The molecule has 0 fully saturated rings. The molecule has 0 heterocycles. The van der Waals surface area contributed by atoms with Crippen molar-refractivity contribution < 1.29 is 17.7 Å². The molecule has 15 heavy (non-hydrogen) atoms. The van der Waals surface area contributed by atoms with Crippen LogP contribution in [-0.4, -0.2) is 49.6 Å². The Labute approximate surface area is 92.3 Å². The van der Waals surface area contributed by atoms with E-state index in [2.05, 4.69) is 0 Å². The van der Waals surface area contributed by atoms with Gasteiger partial charge in [-0.2, -0.15) is 0 Å². The molecule has 0 aliphatic carbocycles. The summed E-state index contributed by atoms with van der Waals surface area (Å²) >= 11 is 0. The zero-order valence-corrected chi connectivity index (χ0v) is 10.5. The molecule has 7 heteroatoms. The zero-order chi connectivity index (χ0) is 11.6. The quantitative estimate of drug-likeness (QED) is 0.392. The SMILES string of the molecule is CO[Si](OC)(OCCCN)OCCCN. The monoisotopic (exact) mass is 238 g/mol. The van der Waals surface area contributed by atoms with Crippen LogP contribution in [0.1, 0.15) is 12.8 Å². The van der Waals surface area contributed by atoms with Crippen LogP contribution >= 0.6 is 0 Å². The molecule has 0 rings (SSSR count). The minimum Gasteiger partial charge on any atom is -0.355 e. The van der Waals surface area contributed by atoms with Gasteiger partial charge in [0, 0.05) is 27.4 Å². The number of hydrogen-bond donors (Lipinski definition) is 2. The van der Waals surface area contributed by atoms with Crippen LogP contribution in [0.4, 0.5) is 0 Å². The van der Waals surface area contributed by atoms with Crippen molar-refractivity contribution >= 4 is 9.05 Å². The average molecular weight is 238 g/mol. The van der Waals surface area contributed by atoms with Gasteiger partial charge in [-0.3, -0.25) is 0 Å². The van der Waals surface area contributed by atoms with Gasteiger partial charge in [0.1, 0.15) is 0 Å². The second kappa shape index (κ2) is 9.22. The maximum atomic E-state index is 5.47. The second-order valence-corrected chi connectivity index (χ2v) is 5.28. The van der Waals surface area contributed by atoms with Crippen molar-refractivity contribution in [2.24, 2.45) is 11.5 Å². The van der Waals surface area contributed by atoms with Gasteiger partial charge in [0.05, 0.1) is 0 Å². The van der Waals surface area contributed by atoms with Crippen molar-refractivity contribution in [3.63, 3.8) is 0 Å². The topological polar surface area (TPSA) is 89.0 Å². The maximum Gasteiger partial charge on any atom is 0.679 e. The largest absolute Gasteiger partial charge is 0.679 e. The van der Waals surface area contributed by atoms with Crippen LogP contribution < -0.4 is 11.5 Å². The first kappa shape index (κ1) is 15.0. The van der Waals surface area contributed by atoms with Crippen LogP contribution in [0, 0.1) is 0 Å². The lowest BCUT2D eigenvalue weighted by atomic mass is 10.5. The number of hydrogen-bond acceptors (Lipinski definition) is 6. The van der Waals surface area contributed by atoms with E-state index in [1.807, 2.05) is 0 Å². The normalized spacial score (nSPS) is 12.0. The number of nitrogens with two attached hydrogens (primary N) is 2. The minimum absolute atomic E-state index is 0.479. The molecule has 6 nitrogen and oxygen atoms in total. The molecule has 0 aliphatic heterocycles. The molecule has 0 saturated heterocycles. The van der Waals surface area contributed by atoms with Gasteiger partial charge in [0.25, 0.3) is 0 Å². The van der Waals surface area contributed by atoms with E-state index in [4.69, 9.17) is 29.2 Å². The summed E-state index contributed by atoms with van der Waals surface area (Å²) < 4.78 is 21.3. The highest BCUT2D eigenvalue weighted by Gasteiger charge is 2.43. The van der Waals surface area contributed by atoms with Crippen molar-refractivity contribution in [2.45, 2.75) is 12.8 Å².